The zero-order valence-electron chi connectivity index (χ0n) is 7.14. The Hall–Kier alpha value is 0.0362. The maximum atomic E-state index is 8.93. The minimum atomic E-state index is -1.08. The number of carbonyl (C=O) groups excluding carboxylic acids is 1. The van der Waals surface area contributed by atoms with Crippen molar-refractivity contribution in [1.29, 1.82) is 0 Å². The Labute approximate surface area is 86.8 Å². The van der Waals surface area contributed by atoms with Gasteiger partial charge in [-0.25, -0.2) is 0 Å². The molecule has 0 aromatic carbocycles. The molecule has 0 aromatic rings. The number of hydrogen-bond donors (Lipinski definition) is 0. The fourth-order valence-corrected chi connectivity index (χ4v) is 0. The van der Waals surface area contributed by atoms with Gasteiger partial charge in [0.1, 0.15) is 0 Å². The Kier molecular flexibility index (Phi) is 329. The Balaban J connectivity index is -0.00000000597. The van der Waals surface area contributed by atoms with Crippen molar-refractivity contribution >= 4 is 29.0 Å². The monoisotopic (exact) mass is 200 g/mol. The first-order chi connectivity index (χ1) is 3.15. The van der Waals surface area contributed by atoms with E-state index in [1.807, 2.05) is 0 Å². The molecule has 12 heavy (non-hydrogen) atoms. The summed E-state index contributed by atoms with van der Waals surface area (Å²) in [6, 6.07) is 0. The van der Waals surface area contributed by atoms with E-state index in [0.717, 1.165) is 6.92 Å². The van der Waals surface area contributed by atoms with Crippen LogP contribution < -0.4 is 10.2 Å². The van der Waals surface area contributed by atoms with Gasteiger partial charge in [-0.15, -0.1) is 6.61 Å². The molecule has 76 valence electrons. The molecule has 0 saturated heterocycles. The predicted molar refractivity (Wildman–Crippen MR) is 41.4 cm³/mol. The molecule has 7 nitrogen and oxygen atoms in total. The average molecular weight is 200 g/mol. The molecule has 0 unspecified atom stereocenters. The van der Waals surface area contributed by atoms with Gasteiger partial charge in [0.05, 0.1) is 0 Å². The molecule has 0 saturated carbocycles. The smallest absolute Gasteiger partial charge is 0.855 e. The third kappa shape index (κ3) is 624000. The first-order valence-corrected chi connectivity index (χ1v) is 1.90. The molecule has 8 N–H and O–H groups in total. The van der Waals surface area contributed by atoms with Gasteiger partial charge in [0, 0.05) is 5.97 Å². The molecule has 0 aliphatic carbocycles. The van der Waals surface area contributed by atoms with Crippen LogP contribution >= 0.6 is 0 Å². The zero-order valence-corrected chi connectivity index (χ0v) is 8.55. The summed E-state index contributed by atoms with van der Waals surface area (Å²) in [6.45, 7) is 2.54. The van der Waals surface area contributed by atoms with E-state index in [4.69, 9.17) is 15.0 Å². The average Bonchev–Trinajstić information content (AvgIpc) is 1.33. The van der Waals surface area contributed by atoms with Crippen molar-refractivity contribution in [1.82, 2.24) is 0 Å². The third-order valence-electron chi connectivity index (χ3n) is 0. The SMILES string of the molecule is CC(=O)[O-].CC[O-].O.O.O.O.[Mg+2]. The minimum absolute atomic E-state index is 0. The first-order valence-electron chi connectivity index (χ1n) is 1.90. The van der Waals surface area contributed by atoms with Crippen LogP contribution in [0.3, 0.4) is 0 Å². The van der Waals surface area contributed by atoms with Crippen molar-refractivity contribution in [3.05, 3.63) is 0 Å². The van der Waals surface area contributed by atoms with Crippen LogP contribution in [0.15, 0.2) is 0 Å². The van der Waals surface area contributed by atoms with Gasteiger partial charge in [-0.3, -0.25) is 0 Å². The van der Waals surface area contributed by atoms with E-state index in [2.05, 4.69) is 0 Å². The molecule has 0 amide bonds. The molecular formula is C4H16MgO7. The number of hydrogen-bond acceptors (Lipinski definition) is 3. The standard InChI is InChI=1S/C2H4O2.C2H5O.Mg.4H2O/c1-2(3)4;1-2-3;;;;;/h1H3,(H,3,4);2H2,1H3;;4*1H2/q;-1;+2;;;;/p-1. The van der Waals surface area contributed by atoms with Gasteiger partial charge in [-0.2, -0.15) is 0 Å². The Morgan fingerprint density at radius 3 is 1.17 bits per heavy atom. The fourth-order valence-electron chi connectivity index (χ4n) is 0. The van der Waals surface area contributed by atoms with Crippen LogP contribution in [-0.2, 0) is 4.79 Å². The van der Waals surface area contributed by atoms with E-state index in [1.165, 1.54) is 0 Å². The summed E-state index contributed by atoms with van der Waals surface area (Å²) in [6.07, 6.45) is 0. The van der Waals surface area contributed by atoms with Gasteiger partial charge < -0.3 is 36.9 Å². The van der Waals surface area contributed by atoms with Gasteiger partial charge in [-0.1, -0.05) is 6.92 Å². The van der Waals surface area contributed by atoms with Crippen LogP contribution in [0, 0.1) is 0 Å². The second-order valence-electron chi connectivity index (χ2n) is 0.780. The molecule has 0 fully saturated rings. The number of carboxylic acids is 1. The van der Waals surface area contributed by atoms with Gasteiger partial charge >= 0.3 is 23.1 Å². The Bertz CT molecular complexity index is 46.7. The van der Waals surface area contributed by atoms with E-state index < -0.39 is 5.97 Å². The van der Waals surface area contributed by atoms with E-state index in [9.17, 15) is 0 Å². The van der Waals surface area contributed by atoms with Crippen LogP contribution in [0.2, 0.25) is 0 Å². The van der Waals surface area contributed by atoms with Crippen molar-refractivity contribution in [3.8, 4) is 0 Å². The summed E-state index contributed by atoms with van der Waals surface area (Å²) in [5.41, 5.74) is 0. The molecular weight excluding hydrogens is 184 g/mol. The number of carboxylic acid groups (broad SMARTS) is 1. The largest absolute Gasteiger partial charge is 2.00 e. The summed E-state index contributed by atoms with van der Waals surface area (Å²) in [5, 5.41) is 17.8. The molecule has 0 heterocycles. The molecule has 0 bridgehead atoms. The quantitative estimate of drug-likeness (QED) is 0.353. The minimum Gasteiger partial charge on any atom is -0.855 e. The molecule has 0 rings (SSSR count). The van der Waals surface area contributed by atoms with Gasteiger partial charge in [0.25, 0.3) is 0 Å². The molecule has 0 radical (unpaired) electrons. The van der Waals surface area contributed by atoms with Crippen molar-refractivity contribution in [3.63, 3.8) is 0 Å². The first kappa shape index (κ1) is 57.8. The fraction of sp³-hybridized carbons (Fsp3) is 0.750. The number of aliphatic carboxylic acids is 1. The number of carbonyl (C=O) groups is 1. The van der Waals surface area contributed by atoms with Crippen molar-refractivity contribution in [2.24, 2.45) is 0 Å². The molecule has 0 aliphatic heterocycles. The predicted octanol–water partition coefficient (Wildman–Crippen LogP) is -5.56. The number of rotatable bonds is 0. The molecule has 0 aliphatic rings. The van der Waals surface area contributed by atoms with Gasteiger partial charge in [0.2, 0.25) is 0 Å². The Morgan fingerprint density at radius 1 is 1.17 bits per heavy atom. The van der Waals surface area contributed by atoms with E-state index >= 15 is 0 Å². The molecule has 8 heteroatoms. The second-order valence-corrected chi connectivity index (χ2v) is 0.780. The van der Waals surface area contributed by atoms with E-state index in [-0.39, 0.29) is 51.6 Å². The second kappa shape index (κ2) is 68.2. The topological polar surface area (TPSA) is 189 Å². The molecule has 0 atom stereocenters. The molecule has 0 aromatic heterocycles. The van der Waals surface area contributed by atoms with Gasteiger partial charge in [-0.05, 0) is 6.92 Å². The third-order valence-corrected chi connectivity index (χ3v) is 0. The summed E-state index contributed by atoms with van der Waals surface area (Å²) >= 11 is 0. The van der Waals surface area contributed by atoms with Crippen LogP contribution in [0.5, 0.6) is 0 Å². The van der Waals surface area contributed by atoms with Crippen LogP contribution in [0.25, 0.3) is 0 Å². The van der Waals surface area contributed by atoms with Crippen molar-refractivity contribution < 1.29 is 36.9 Å². The van der Waals surface area contributed by atoms with Crippen molar-refractivity contribution in [2.75, 3.05) is 6.61 Å². The van der Waals surface area contributed by atoms with E-state index in [0.29, 0.717) is 0 Å². The summed E-state index contributed by atoms with van der Waals surface area (Å²) in [5.74, 6) is -1.08. The van der Waals surface area contributed by atoms with Crippen LogP contribution in [0.1, 0.15) is 13.8 Å². The van der Waals surface area contributed by atoms with Gasteiger partial charge in [0.15, 0.2) is 0 Å². The maximum Gasteiger partial charge on any atom is 2.00 e. The maximum absolute atomic E-state index is 8.93. The molecule has 0 spiro atoms. The van der Waals surface area contributed by atoms with Crippen LogP contribution in [0.4, 0.5) is 0 Å². The zero-order chi connectivity index (χ0) is 6.28. The normalized spacial score (nSPS) is 3.58. The van der Waals surface area contributed by atoms with Crippen LogP contribution in [-0.4, -0.2) is 57.5 Å². The Morgan fingerprint density at radius 2 is 1.17 bits per heavy atom. The summed E-state index contributed by atoms with van der Waals surface area (Å²) in [7, 11) is 0. The van der Waals surface area contributed by atoms with E-state index in [1.54, 1.807) is 6.92 Å². The summed E-state index contributed by atoms with van der Waals surface area (Å²) in [4.78, 5) is 8.89. The summed E-state index contributed by atoms with van der Waals surface area (Å²) < 4.78 is 0. The van der Waals surface area contributed by atoms with Crippen molar-refractivity contribution in [2.45, 2.75) is 13.8 Å².